The Morgan fingerprint density at radius 2 is 2.25 bits per heavy atom. The van der Waals surface area contributed by atoms with Crippen LogP contribution in [-0.2, 0) is 9.53 Å². The molecule has 2 heterocycles. The van der Waals surface area contributed by atoms with Crippen molar-refractivity contribution < 1.29 is 9.53 Å². The van der Waals surface area contributed by atoms with Gasteiger partial charge in [0.1, 0.15) is 0 Å². The lowest BCUT2D eigenvalue weighted by Gasteiger charge is -2.20. The number of rotatable bonds is 3. The minimum Gasteiger partial charge on any atom is -0.378 e. The molecular formula is C12H22N2O2. The second-order valence-corrected chi connectivity index (χ2v) is 4.66. The van der Waals surface area contributed by atoms with E-state index in [1.54, 1.807) is 0 Å². The number of hydrogen-bond donors (Lipinski definition) is 1. The van der Waals surface area contributed by atoms with E-state index in [0.29, 0.717) is 18.4 Å². The molecule has 1 N–H and O–H groups in total. The van der Waals surface area contributed by atoms with E-state index in [-0.39, 0.29) is 0 Å². The van der Waals surface area contributed by atoms with Crippen molar-refractivity contribution in [2.75, 3.05) is 32.8 Å². The van der Waals surface area contributed by atoms with E-state index in [1.165, 1.54) is 0 Å². The molecule has 2 fully saturated rings. The predicted molar refractivity (Wildman–Crippen MR) is 62.3 cm³/mol. The fraction of sp³-hybridized carbons (Fsp3) is 0.917. The average Bonchev–Trinajstić information content (AvgIpc) is 2.66. The fourth-order valence-electron chi connectivity index (χ4n) is 2.41. The van der Waals surface area contributed by atoms with E-state index in [9.17, 15) is 4.79 Å². The summed E-state index contributed by atoms with van der Waals surface area (Å²) in [4.78, 5) is 13.9. The zero-order chi connectivity index (χ0) is 11.2. The molecule has 0 aliphatic carbocycles. The summed E-state index contributed by atoms with van der Waals surface area (Å²) in [6.45, 7) is 4.63. The van der Waals surface area contributed by atoms with Crippen LogP contribution in [0, 0.1) is 0 Å². The molecule has 2 aliphatic rings. The maximum absolute atomic E-state index is 12.0. The molecule has 0 aromatic heterocycles. The first-order valence-corrected chi connectivity index (χ1v) is 6.46. The molecule has 92 valence electrons. The van der Waals surface area contributed by atoms with Crippen LogP contribution in [0.5, 0.6) is 0 Å². The Morgan fingerprint density at radius 3 is 3.06 bits per heavy atom. The molecule has 16 heavy (non-hydrogen) atoms. The topological polar surface area (TPSA) is 41.6 Å². The Hall–Kier alpha value is -0.610. The minimum absolute atomic E-state index is 0.305. The van der Waals surface area contributed by atoms with E-state index in [2.05, 4.69) is 5.32 Å². The van der Waals surface area contributed by atoms with Crippen LogP contribution in [0.2, 0.25) is 0 Å². The minimum atomic E-state index is 0.305. The van der Waals surface area contributed by atoms with Gasteiger partial charge < -0.3 is 15.0 Å². The second-order valence-electron chi connectivity index (χ2n) is 4.66. The van der Waals surface area contributed by atoms with Gasteiger partial charge in [-0.1, -0.05) is 0 Å². The van der Waals surface area contributed by atoms with E-state index >= 15 is 0 Å². The van der Waals surface area contributed by atoms with Crippen LogP contribution in [0.15, 0.2) is 0 Å². The van der Waals surface area contributed by atoms with Gasteiger partial charge in [0, 0.05) is 32.7 Å². The Bertz CT molecular complexity index is 219. The SMILES string of the molecule is O=C(CCC1CCCO1)N1CCCNCC1. The number of amides is 1. The first-order valence-electron chi connectivity index (χ1n) is 6.46. The Morgan fingerprint density at radius 1 is 1.31 bits per heavy atom. The average molecular weight is 226 g/mol. The molecule has 0 spiro atoms. The van der Waals surface area contributed by atoms with Crippen LogP contribution in [0.1, 0.15) is 32.1 Å². The summed E-state index contributed by atoms with van der Waals surface area (Å²) in [7, 11) is 0. The Kier molecular flexibility index (Phi) is 4.60. The van der Waals surface area contributed by atoms with Gasteiger partial charge >= 0.3 is 0 Å². The lowest BCUT2D eigenvalue weighted by molar-refractivity contribution is -0.131. The molecule has 2 rings (SSSR count). The molecule has 2 aliphatic heterocycles. The van der Waals surface area contributed by atoms with Gasteiger partial charge in [-0.15, -0.1) is 0 Å². The molecule has 2 saturated heterocycles. The molecular weight excluding hydrogens is 204 g/mol. The van der Waals surface area contributed by atoms with Gasteiger partial charge in [0.05, 0.1) is 6.10 Å². The number of carbonyl (C=O) groups excluding carboxylic acids is 1. The van der Waals surface area contributed by atoms with Crippen molar-refractivity contribution in [3.63, 3.8) is 0 Å². The molecule has 0 aromatic rings. The molecule has 1 amide bonds. The van der Waals surface area contributed by atoms with E-state index in [4.69, 9.17) is 4.74 Å². The molecule has 0 radical (unpaired) electrons. The van der Waals surface area contributed by atoms with Crippen molar-refractivity contribution in [1.29, 1.82) is 0 Å². The highest BCUT2D eigenvalue weighted by atomic mass is 16.5. The van der Waals surface area contributed by atoms with Crippen molar-refractivity contribution >= 4 is 5.91 Å². The summed E-state index contributed by atoms with van der Waals surface area (Å²) >= 11 is 0. The summed E-state index contributed by atoms with van der Waals surface area (Å²) in [6.07, 6.45) is 5.27. The van der Waals surface area contributed by atoms with Gasteiger partial charge in [-0.25, -0.2) is 0 Å². The lowest BCUT2D eigenvalue weighted by Crippen LogP contribution is -2.34. The van der Waals surface area contributed by atoms with Gasteiger partial charge in [-0.3, -0.25) is 4.79 Å². The normalized spacial score (nSPS) is 26.8. The highest BCUT2D eigenvalue weighted by Crippen LogP contribution is 2.17. The number of hydrogen-bond acceptors (Lipinski definition) is 3. The predicted octanol–water partition coefficient (Wildman–Crippen LogP) is 0.767. The molecule has 0 aromatic carbocycles. The quantitative estimate of drug-likeness (QED) is 0.773. The molecule has 1 unspecified atom stereocenters. The van der Waals surface area contributed by atoms with Crippen LogP contribution < -0.4 is 5.32 Å². The third kappa shape index (κ3) is 3.46. The summed E-state index contributed by atoms with van der Waals surface area (Å²) in [5.74, 6) is 0.305. The van der Waals surface area contributed by atoms with Crippen LogP contribution in [0.25, 0.3) is 0 Å². The maximum atomic E-state index is 12.0. The van der Waals surface area contributed by atoms with Crippen molar-refractivity contribution in [2.24, 2.45) is 0 Å². The Balaban J connectivity index is 1.69. The number of nitrogens with one attached hydrogen (secondary N) is 1. The summed E-state index contributed by atoms with van der Waals surface area (Å²) in [5.41, 5.74) is 0. The summed E-state index contributed by atoms with van der Waals surface area (Å²) in [6, 6.07) is 0. The van der Waals surface area contributed by atoms with Gasteiger partial charge in [0.25, 0.3) is 0 Å². The summed E-state index contributed by atoms with van der Waals surface area (Å²) < 4.78 is 5.53. The van der Waals surface area contributed by atoms with Crippen molar-refractivity contribution in [3.8, 4) is 0 Å². The molecule has 4 heteroatoms. The summed E-state index contributed by atoms with van der Waals surface area (Å²) in [5, 5.41) is 3.31. The fourth-order valence-corrected chi connectivity index (χ4v) is 2.41. The first-order chi connectivity index (χ1) is 7.86. The molecule has 4 nitrogen and oxygen atoms in total. The number of carbonyl (C=O) groups is 1. The molecule has 0 bridgehead atoms. The zero-order valence-corrected chi connectivity index (χ0v) is 9.91. The van der Waals surface area contributed by atoms with Crippen molar-refractivity contribution in [1.82, 2.24) is 10.2 Å². The highest BCUT2D eigenvalue weighted by Gasteiger charge is 2.19. The van der Waals surface area contributed by atoms with Gasteiger partial charge in [-0.2, -0.15) is 0 Å². The molecule has 0 saturated carbocycles. The van der Waals surface area contributed by atoms with Crippen LogP contribution in [0.4, 0.5) is 0 Å². The monoisotopic (exact) mass is 226 g/mol. The standard InChI is InChI=1S/C12H22N2O2/c15-12(5-4-11-3-1-10-16-11)14-8-2-6-13-7-9-14/h11,13H,1-10H2. The Labute approximate surface area is 97.3 Å². The molecule has 1 atom stereocenters. The van der Waals surface area contributed by atoms with Gasteiger partial charge in [0.2, 0.25) is 5.91 Å². The van der Waals surface area contributed by atoms with E-state index in [1.807, 2.05) is 4.90 Å². The smallest absolute Gasteiger partial charge is 0.222 e. The third-order valence-electron chi connectivity index (χ3n) is 3.40. The van der Waals surface area contributed by atoms with Gasteiger partial charge in [-0.05, 0) is 32.2 Å². The van der Waals surface area contributed by atoms with E-state index < -0.39 is 0 Å². The maximum Gasteiger partial charge on any atom is 0.222 e. The van der Waals surface area contributed by atoms with Crippen LogP contribution in [-0.4, -0.2) is 49.7 Å². The van der Waals surface area contributed by atoms with Crippen molar-refractivity contribution in [3.05, 3.63) is 0 Å². The lowest BCUT2D eigenvalue weighted by atomic mass is 10.1. The zero-order valence-electron chi connectivity index (χ0n) is 9.91. The van der Waals surface area contributed by atoms with Crippen LogP contribution >= 0.6 is 0 Å². The second kappa shape index (κ2) is 6.21. The number of nitrogens with zero attached hydrogens (tertiary/aromatic N) is 1. The van der Waals surface area contributed by atoms with Gasteiger partial charge in [0.15, 0.2) is 0 Å². The largest absolute Gasteiger partial charge is 0.378 e. The number of ether oxygens (including phenoxy) is 1. The van der Waals surface area contributed by atoms with Crippen LogP contribution in [0.3, 0.4) is 0 Å². The first kappa shape index (κ1) is 11.9. The van der Waals surface area contributed by atoms with E-state index in [0.717, 1.165) is 58.5 Å². The third-order valence-corrected chi connectivity index (χ3v) is 3.40. The van der Waals surface area contributed by atoms with Crippen molar-refractivity contribution in [2.45, 2.75) is 38.2 Å². The highest BCUT2D eigenvalue weighted by molar-refractivity contribution is 5.76.